The van der Waals surface area contributed by atoms with Gasteiger partial charge in [0, 0.05) is 22.0 Å². The van der Waals surface area contributed by atoms with Gasteiger partial charge in [-0.15, -0.1) is 0 Å². The summed E-state index contributed by atoms with van der Waals surface area (Å²) in [5.41, 5.74) is 5.28. The molecule has 0 aliphatic heterocycles. The van der Waals surface area contributed by atoms with Gasteiger partial charge in [-0.25, -0.2) is 0 Å². The maximum atomic E-state index is 12.0. The zero-order valence-electron chi connectivity index (χ0n) is 15.7. The Kier molecular flexibility index (Phi) is 8.25. The molecule has 7 N–H and O–H groups in total. The topological polar surface area (TPSA) is 179 Å². The van der Waals surface area contributed by atoms with E-state index in [1.54, 1.807) is 0 Å². The van der Waals surface area contributed by atoms with Gasteiger partial charge in [-0.1, -0.05) is 0 Å². The molecular weight excluding hydrogens is 342 g/mol. The number of carboxylic acid groups (broad SMARTS) is 2. The SMILES string of the molecule is [2H]C([2H])([2H])C(O)CSC[C@H](NC(=O)CC[C@H](N)C(=O)O)C(=O)NCC(=O)O. The lowest BCUT2D eigenvalue weighted by Gasteiger charge is -2.18. The summed E-state index contributed by atoms with van der Waals surface area (Å²) in [6.07, 6.45) is -2.08. The third-order valence-corrected chi connectivity index (χ3v) is 3.75. The smallest absolute Gasteiger partial charge is 0.322 e. The van der Waals surface area contributed by atoms with Crippen LogP contribution in [0, 0.1) is 0 Å². The Bertz CT molecular complexity index is 548. The monoisotopic (exact) mass is 368 g/mol. The van der Waals surface area contributed by atoms with Gasteiger partial charge in [-0.2, -0.15) is 11.8 Å². The Labute approximate surface area is 147 Å². The fraction of sp³-hybridized carbons (Fsp3) is 0.692. The van der Waals surface area contributed by atoms with E-state index in [4.69, 9.17) is 20.1 Å². The van der Waals surface area contributed by atoms with Crippen LogP contribution < -0.4 is 16.4 Å². The first-order valence-corrected chi connectivity index (χ1v) is 8.03. The Morgan fingerprint density at radius 2 is 1.92 bits per heavy atom. The summed E-state index contributed by atoms with van der Waals surface area (Å²) in [6.45, 7) is -3.28. The van der Waals surface area contributed by atoms with Crippen molar-refractivity contribution < 1.29 is 38.6 Å². The van der Waals surface area contributed by atoms with E-state index in [0.29, 0.717) is 0 Å². The van der Waals surface area contributed by atoms with Crippen LogP contribution in [0.5, 0.6) is 0 Å². The number of aliphatic hydroxyl groups excluding tert-OH is 1. The van der Waals surface area contributed by atoms with Crippen LogP contribution in [-0.4, -0.2) is 75.3 Å². The van der Waals surface area contributed by atoms with Gasteiger partial charge in [0.15, 0.2) is 0 Å². The third kappa shape index (κ3) is 10.8. The fourth-order valence-electron chi connectivity index (χ4n) is 1.44. The van der Waals surface area contributed by atoms with E-state index in [-0.39, 0.29) is 24.3 Å². The summed E-state index contributed by atoms with van der Waals surface area (Å²) >= 11 is 0.878. The lowest BCUT2D eigenvalue weighted by atomic mass is 10.1. The first-order chi connectivity index (χ1) is 12.3. The molecule has 24 heavy (non-hydrogen) atoms. The summed E-state index contributed by atoms with van der Waals surface area (Å²) in [5.74, 6) is -4.45. The average Bonchev–Trinajstić information content (AvgIpc) is 2.55. The van der Waals surface area contributed by atoms with Gasteiger partial charge in [0.25, 0.3) is 0 Å². The molecule has 0 aliphatic carbocycles. The summed E-state index contributed by atoms with van der Waals surface area (Å²) < 4.78 is 21.2. The quantitative estimate of drug-likeness (QED) is 0.227. The first-order valence-electron chi connectivity index (χ1n) is 8.37. The second kappa shape index (κ2) is 11.6. The molecule has 0 spiro atoms. The number of amides is 2. The zero-order chi connectivity index (χ0) is 21.2. The van der Waals surface area contributed by atoms with Crippen LogP contribution in [0.3, 0.4) is 0 Å². The van der Waals surface area contributed by atoms with E-state index in [1.807, 2.05) is 0 Å². The van der Waals surface area contributed by atoms with Crippen LogP contribution in [0.25, 0.3) is 0 Å². The molecule has 0 aromatic carbocycles. The minimum absolute atomic E-state index is 0.130. The third-order valence-electron chi connectivity index (χ3n) is 2.63. The highest BCUT2D eigenvalue weighted by atomic mass is 32.2. The Hall–Kier alpha value is -1.85. The molecule has 0 saturated heterocycles. The summed E-state index contributed by atoms with van der Waals surface area (Å²) in [7, 11) is 0. The highest BCUT2D eigenvalue weighted by Gasteiger charge is 2.22. The highest BCUT2D eigenvalue weighted by Crippen LogP contribution is 2.06. The van der Waals surface area contributed by atoms with Crippen LogP contribution in [0.4, 0.5) is 0 Å². The summed E-state index contributed by atoms with van der Waals surface area (Å²) in [4.78, 5) is 45.0. The Morgan fingerprint density at radius 3 is 2.46 bits per heavy atom. The van der Waals surface area contributed by atoms with Crippen LogP contribution >= 0.6 is 11.8 Å². The zero-order valence-corrected chi connectivity index (χ0v) is 13.5. The van der Waals surface area contributed by atoms with Crippen molar-refractivity contribution in [3.8, 4) is 0 Å². The maximum absolute atomic E-state index is 12.0. The lowest BCUT2D eigenvalue weighted by Crippen LogP contribution is -2.49. The molecule has 3 atom stereocenters. The van der Waals surface area contributed by atoms with E-state index < -0.39 is 55.3 Å². The molecule has 0 aromatic rings. The largest absolute Gasteiger partial charge is 0.480 e. The standard InChI is InChI=1S/C13H23N3O7S/c1-7(17)5-24-6-9(12(21)15-4-11(19)20)16-10(18)3-2-8(14)13(22)23/h7-9,17H,2-6,14H2,1H3,(H,15,21)(H,16,18)(H,19,20)(H,22,23)/t7?,8-,9-/m0/s1/i1D3. The fourth-order valence-corrected chi connectivity index (χ4v) is 2.27. The van der Waals surface area contributed by atoms with Crippen molar-refractivity contribution in [2.75, 3.05) is 18.1 Å². The van der Waals surface area contributed by atoms with Crippen molar-refractivity contribution >= 4 is 35.5 Å². The maximum Gasteiger partial charge on any atom is 0.322 e. The van der Waals surface area contributed by atoms with Gasteiger partial charge in [0.05, 0.1) is 6.10 Å². The number of thioether (sulfide) groups is 1. The van der Waals surface area contributed by atoms with Gasteiger partial charge in [-0.3, -0.25) is 19.2 Å². The number of hydrogen-bond acceptors (Lipinski definition) is 7. The van der Waals surface area contributed by atoms with E-state index in [2.05, 4.69) is 10.6 Å². The van der Waals surface area contributed by atoms with Gasteiger partial charge >= 0.3 is 11.9 Å². The van der Waals surface area contributed by atoms with Crippen LogP contribution in [0.2, 0.25) is 0 Å². The van der Waals surface area contributed by atoms with E-state index in [9.17, 15) is 24.3 Å². The summed E-state index contributed by atoms with van der Waals surface area (Å²) in [5, 5.41) is 31.1. The molecule has 0 aliphatic rings. The number of carboxylic acids is 2. The minimum Gasteiger partial charge on any atom is -0.480 e. The van der Waals surface area contributed by atoms with Crippen molar-refractivity contribution in [1.82, 2.24) is 10.6 Å². The number of nitrogens with two attached hydrogens (primary N) is 1. The number of aliphatic carboxylic acids is 2. The molecule has 0 rings (SSSR count). The predicted octanol–water partition coefficient (Wildman–Crippen LogP) is -2.02. The normalized spacial score (nSPS) is 16.7. The Morgan fingerprint density at radius 1 is 1.25 bits per heavy atom. The van der Waals surface area contributed by atoms with Gasteiger partial charge in [0.2, 0.25) is 11.8 Å². The van der Waals surface area contributed by atoms with E-state index >= 15 is 0 Å². The molecule has 0 saturated carbocycles. The highest BCUT2D eigenvalue weighted by molar-refractivity contribution is 7.99. The van der Waals surface area contributed by atoms with Crippen LogP contribution in [0.15, 0.2) is 0 Å². The molecular formula is C13H23N3O7S. The molecule has 2 amide bonds. The van der Waals surface area contributed by atoms with E-state index in [0.717, 1.165) is 11.8 Å². The van der Waals surface area contributed by atoms with Crippen molar-refractivity contribution in [3.63, 3.8) is 0 Å². The second-order valence-electron chi connectivity index (χ2n) is 4.77. The molecule has 0 heterocycles. The number of nitrogens with one attached hydrogen (secondary N) is 2. The van der Waals surface area contributed by atoms with Crippen LogP contribution in [-0.2, 0) is 19.2 Å². The van der Waals surface area contributed by atoms with Gasteiger partial charge < -0.3 is 31.7 Å². The first kappa shape index (κ1) is 17.0. The van der Waals surface area contributed by atoms with Gasteiger partial charge in [-0.05, 0) is 13.3 Å². The Balaban J connectivity index is 4.73. The molecule has 0 fully saturated rings. The average molecular weight is 368 g/mol. The van der Waals surface area contributed by atoms with Crippen molar-refractivity contribution in [1.29, 1.82) is 0 Å². The molecule has 10 nitrogen and oxygen atoms in total. The minimum atomic E-state index is -2.59. The number of carbonyl (C=O) groups excluding carboxylic acids is 2. The van der Waals surface area contributed by atoms with E-state index in [1.165, 1.54) is 0 Å². The lowest BCUT2D eigenvalue weighted by molar-refractivity contribution is -0.139. The molecule has 11 heteroatoms. The molecule has 138 valence electrons. The molecule has 0 bridgehead atoms. The van der Waals surface area contributed by atoms with Crippen molar-refractivity contribution in [2.45, 2.75) is 37.9 Å². The molecule has 0 aromatic heterocycles. The summed E-state index contributed by atoms with van der Waals surface area (Å²) in [6, 6.07) is -2.45. The predicted molar refractivity (Wildman–Crippen MR) is 86.4 cm³/mol. The number of carbonyl (C=O) groups is 4. The van der Waals surface area contributed by atoms with Crippen molar-refractivity contribution in [3.05, 3.63) is 0 Å². The second-order valence-corrected chi connectivity index (χ2v) is 5.84. The molecule has 0 radical (unpaired) electrons. The number of aliphatic hydroxyl groups is 1. The number of rotatable bonds is 12. The van der Waals surface area contributed by atoms with Crippen molar-refractivity contribution in [2.24, 2.45) is 5.73 Å². The molecule has 1 unspecified atom stereocenters. The van der Waals surface area contributed by atoms with Crippen LogP contribution in [0.1, 0.15) is 23.8 Å². The number of hydrogen-bond donors (Lipinski definition) is 6. The van der Waals surface area contributed by atoms with Gasteiger partial charge in [0.1, 0.15) is 18.6 Å².